The van der Waals surface area contributed by atoms with Crippen molar-refractivity contribution < 1.29 is 98.3 Å². The Kier molecular flexibility index (Phi) is 15.7. The van der Waals surface area contributed by atoms with Crippen molar-refractivity contribution in [3.8, 4) is 5.75 Å². The van der Waals surface area contributed by atoms with Gasteiger partial charge in [0.2, 0.25) is 0 Å². The van der Waals surface area contributed by atoms with Crippen LogP contribution >= 0.6 is 24.1 Å². The molecule has 0 aliphatic rings. The number of benzene rings is 5. The standard InChI is InChI=1S/C29H21N5O8S2.2Na/c35-28-25-15-12-23(30-29(36)18-4-2-1-3-5-18)16-19(25)17-26(44-42-40-38)27(28)34-33-21-8-6-20(7-9-21)31-32-22-10-13-24(14-11-22)43-41-39-37;;/h1-17,35,37-38H,(H,30,36);;/q;2*+1/p-2. The summed E-state index contributed by atoms with van der Waals surface area (Å²) in [5.41, 5.74) is 2.59. The number of carbonyl (C=O) groups excluding carboxylic acids is 1. The quantitative estimate of drug-likeness (QED) is 0.0639. The van der Waals surface area contributed by atoms with Gasteiger partial charge in [-0.1, -0.05) is 18.2 Å². The SMILES string of the molecule is O=C(Nc1ccc2c(O)c(N=Nc3ccc(N=Nc4ccc(SOO[O-])cc4)cc3)c(SOO[O-])cc2c1)c1ccccc1.[Na+].[Na+]. The first-order valence-electron chi connectivity index (χ1n) is 12.5. The Bertz CT molecular complexity index is 1800. The fourth-order valence-corrected chi connectivity index (χ4v) is 4.71. The summed E-state index contributed by atoms with van der Waals surface area (Å²) >= 11 is 1.32. The van der Waals surface area contributed by atoms with Crippen molar-refractivity contribution in [2.45, 2.75) is 9.79 Å². The van der Waals surface area contributed by atoms with Crippen molar-refractivity contribution in [2.24, 2.45) is 20.5 Å². The van der Waals surface area contributed by atoms with Crippen LogP contribution in [0.25, 0.3) is 10.8 Å². The molecule has 0 heterocycles. The molecule has 0 spiro atoms. The normalized spacial score (nSPS) is 11.0. The number of carbonyl (C=O) groups is 1. The Labute approximate surface area is 314 Å². The van der Waals surface area contributed by atoms with E-state index in [1.807, 2.05) is 6.07 Å². The topological polar surface area (TPSA) is 182 Å². The molecular formula is C29H19N5Na2O8S2. The van der Waals surface area contributed by atoms with Crippen molar-refractivity contribution >= 4 is 69.2 Å². The second-order valence-electron chi connectivity index (χ2n) is 8.68. The van der Waals surface area contributed by atoms with Gasteiger partial charge < -0.3 is 20.9 Å². The van der Waals surface area contributed by atoms with E-state index >= 15 is 0 Å². The Hall–Kier alpha value is -2.71. The van der Waals surface area contributed by atoms with E-state index in [0.717, 1.165) is 12.0 Å². The van der Waals surface area contributed by atoms with Crippen molar-refractivity contribution in [1.82, 2.24) is 0 Å². The summed E-state index contributed by atoms with van der Waals surface area (Å²) in [7, 11) is 0. The molecule has 0 aromatic heterocycles. The molecule has 0 aliphatic carbocycles. The number of aromatic hydroxyl groups is 1. The maximum absolute atomic E-state index is 12.6. The van der Waals surface area contributed by atoms with Crippen molar-refractivity contribution in [1.29, 1.82) is 0 Å². The fourth-order valence-electron chi connectivity index (χ4n) is 3.86. The number of phenols is 1. The zero-order chi connectivity index (χ0) is 30.7. The molecule has 0 aliphatic heterocycles. The molecule has 17 heteroatoms. The summed E-state index contributed by atoms with van der Waals surface area (Å²) in [6, 6.07) is 28.7. The van der Waals surface area contributed by atoms with Crippen LogP contribution in [0, 0.1) is 0 Å². The zero-order valence-corrected chi connectivity index (χ0v) is 29.9. The molecule has 2 N–H and O–H groups in total. The van der Waals surface area contributed by atoms with Gasteiger partial charge in [-0.15, -0.1) is 5.11 Å². The predicted molar refractivity (Wildman–Crippen MR) is 157 cm³/mol. The molecule has 0 saturated carbocycles. The van der Waals surface area contributed by atoms with Crippen LogP contribution in [-0.4, -0.2) is 11.0 Å². The van der Waals surface area contributed by atoms with Crippen LogP contribution in [0.4, 0.5) is 28.4 Å². The molecule has 5 rings (SSSR count). The van der Waals surface area contributed by atoms with E-state index in [1.54, 1.807) is 97.1 Å². The number of nitrogens with zero attached hydrogens (tertiary/aromatic N) is 4. The Morgan fingerprint density at radius 1 is 0.696 bits per heavy atom. The van der Waals surface area contributed by atoms with Gasteiger partial charge in [-0.3, -0.25) is 14.9 Å². The van der Waals surface area contributed by atoms with Gasteiger partial charge in [-0.05, 0) is 90.3 Å². The summed E-state index contributed by atoms with van der Waals surface area (Å²) in [5, 5.41) is 58.8. The van der Waals surface area contributed by atoms with Gasteiger partial charge >= 0.3 is 59.1 Å². The maximum atomic E-state index is 12.6. The fraction of sp³-hybridized carbons (Fsp3) is 0. The van der Waals surface area contributed by atoms with Gasteiger partial charge in [-0.25, -0.2) is 0 Å². The number of amides is 1. The molecule has 46 heavy (non-hydrogen) atoms. The average molecular weight is 676 g/mol. The van der Waals surface area contributed by atoms with Crippen LogP contribution in [0.1, 0.15) is 10.4 Å². The number of azo groups is 2. The summed E-state index contributed by atoms with van der Waals surface area (Å²) in [6.07, 6.45) is 0. The Morgan fingerprint density at radius 3 is 1.87 bits per heavy atom. The Balaban J connectivity index is 0.00000288. The van der Waals surface area contributed by atoms with E-state index in [0.29, 0.717) is 56.0 Å². The first kappa shape index (κ1) is 37.7. The molecule has 1 amide bonds. The molecule has 0 radical (unpaired) electrons. The summed E-state index contributed by atoms with van der Waals surface area (Å²) < 4.78 is 8.77. The predicted octanol–water partition coefficient (Wildman–Crippen LogP) is 1.10. The monoisotopic (exact) mass is 675 g/mol. The second-order valence-corrected chi connectivity index (χ2v) is 10.2. The second kappa shape index (κ2) is 19.2. The van der Waals surface area contributed by atoms with Crippen LogP contribution in [0.3, 0.4) is 0 Å². The number of fused-ring (bicyclic) bond motifs is 1. The third-order valence-electron chi connectivity index (χ3n) is 5.89. The third-order valence-corrected chi connectivity index (χ3v) is 7.09. The maximum Gasteiger partial charge on any atom is 1.00 e. The minimum atomic E-state index is -0.294. The van der Waals surface area contributed by atoms with Gasteiger partial charge in [0, 0.05) is 21.5 Å². The molecule has 0 fully saturated rings. The van der Waals surface area contributed by atoms with Gasteiger partial charge in [-0.2, -0.15) is 24.0 Å². The van der Waals surface area contributed by atoms with E-state index in [4.69, 9.17) is 0 Å². The van der Waals surface area contributed by atoms with Gasteiger partial charge in [0.25, 0.3) is 5.91 Å². The first-order chi connectivity index (χ1) is 21.5. The largest absolute Gasteiger partial charge is 1.00 e. The van der Waals surface area contributed by atoms with Crippen molar-refractivity contribution in [2.75, 3.05) is 5.32 Å². The summed E-state index contributed by atoms with van der Waals surface area (Å²) in [4.78, 5) is 13.5. The number of nitrogens with one attached hydrogen (secondary N) is 1. The number of hydrogen-bond acceptors (Lipinski definition) is 14. The summed E-state index contributed by atoms with van der Waals surface area (Å²) in [5.74, 6) is -0.511. The van der Waals surface area contributed by atoms with E-state index in [-0.39, 0.29) is 81.4 Å². The molecule has 0 saturated heterocycles. The Morgan fingerprint density at radius 2 is 1.26 bits per heavy atom. The minimum absolute atomic E-state index is 0. The van der Waals surface area contributed by atoms with Gasteiger partial charge in [0.1, 0.15) is 5.69 Å². The van der Waals surface area contributed by atoms with Crippen LogP contribution in [-0.2, 0) is 18.7 Å². The van der Waals surface area contributed by atoms with E-state index in [1.165, 1.54) is 0 Å². The number of anilines is 1. The molecule has 13 nitrogen and oxygen atoms in total. The van der Waals surface area contributed by atoms with E-state index in [9.17, 15) is 20.4 Å². The summed E-state index contributed by atoms with van der Waals surface area (Å²) in [6.45, 7) is 0. The van der Waals surface area contributed by atoms with Crippen LogP contribution in [0.5, 0.6) is 5.75 Å². The molecule has 0 unspecified atom stereocenters. The molecular weight excluding hydrogens is 656 g/mol. The third kappa shape index (κ3) is 10.4. The van der Waals surface area contributed by atoms with Gasteiger partial charge in [0.05, 0.1) is 46.0 Å². The minimum Gasteiger partial charge on any atom is -0.691 e. The number of phenolic OH excluding ortho intramolecular Hbond substituents is 1. The number of hydrogen-bond donors (Lipinski definition) is 2. The molecule has 0 atom stereocenters. The average Bonchev–Trinajstić information content (AvgIpc) is 3.06. The van der Waals surface area contributed by atoms with Crippen LogP contribution < -0.4 is 74.9 Å². The smallest absolute Gasteiger partial charge is 0.691 e. The molecule has 5 aromatic rings. The van der Waals surface area contributed by atoms with E-state index in [2.05, 4.69) is 44.5 Å². The van der Waals surface area contributed by atoms with Gasteiger partial charge in [0.15, 0.2) is 5.75 Å². The van der Waals surface area contributed by atoms with E-state index < -0.39 is 0 Å². The first-order valence-corrected chi connectivity index (χ1v) is 14.0. The zero-order valence-electron chi connectivity index (χ0n) is 24.2. The molecule has 0 bridgehead atoms. The van der Waals surface area contributed by atoms with Crippen molar-refractivity contribution in [3.05, 3.63) is 109 Å². The van der Waals surface area contributed by atoms with Crippen LogP contribution in [0.2, 0.25) is 0 Å². The molecule has 222 valence electrons. The number of rotatable bonds is 12. The van der Waals surface area contributed by atoms with Crippen LogP contribution in [0.15, 0.2) is 133 Å². The molecule has 5 aromatic carbocycles. The van der Waals surface area contributed by atoms with Crippen molar-refractivity contribution in [3.63, 3.8) is 0 Å².